The zero-order valence-electron chi connectivity index (χ0n) is 10.2. The molecule has 0 N–H and O–H groups in total. The summed E-state index contributed by atoms with van der Waals surface area (Å²) < 4.78 is 38.1. The largest absolute Gasteiger partial charge is 0.416 e. The number of benzene rings is 2. The molecule has 0 aliphatic rings. The Kier molecular flexibility index (Phi) is 3.74. The number of hydrogen-bond acceptors (Lipinski definition) is 0. The molecule has 0 saturated heterocycles. The molecule has 0 saturated carbocycles. The third-order valence-electron chi connectivity index (χ3n) is 2.93. The van der Waals surface area contributed by atoms with Crippen LogP contribution < -0.4 is 0 Å². The van der Waals surface area contributed by atoms with Crippen LogP contribution in [-0.4, -0.2) is 0 Å². The summed E-state index contributed by atoms with van der Waals surface area (Å²) in [4.78, 5) is 0. The van der Waals surface area contributed by atoms with Crippen molar-refractivity contribution in [3.8, 4) is 0 Å². The Morgan fingerprint density at radius 2 is 1.68 bits per heavy atom. The second kappa shape index (κ2) is 5.31. The number of alkyl halides is 3. The van der Waals surface area contributed by atoms with Crippen molar-refractivity contribution in [1.82, 2.24) is 0 Å². The van der Waals surface area contributed by atoms with Crippen LogP contribution in [0.4, 0.5) is 13.2 Å². The topological polar surface area (TPSA) is 0 Å². The fourth-order valence-electron chi connectivity index (χ4n) is 1.95. The molecule has 0 heterocycles. The van der Waals surface area contributed by atoms with E-state index in [1.54, 1.807) is 6.08 Å². The summed E-state index contributed by atoms with van der Waals surface area (Å²) in [5, 5.41) is 0. The lowest BCUT2D eigenvalue weighted by molar-refractivity contribution is -0.137. The van der Waals surface area contributed by atoms with Crippen molar-refractivity contribution in [2.45, 2.75) is 12.6 Å². The maximum absolute atomic E-state index is 12.7. The minimum absolute atomic E-state index is 0.464. The molecule has 98 valence electrons. The predicted octanol–water partition coefficient (Wildman–Crippen LogP) is 4.94. The Morgan fingerprint density at radius 3 is 2.26 bits per heavy atom. The van der Waals surface area contributed by atoms with Crippen LogP contribution in [0.15, 0.2) is 55.1 Å². The van der Waals surface area contributed by atoms with Gasteiger partial charge in [0.25, 0.3) is 0 Å². The van der Waals surface area contributed by atoms with Gasteiger partial charge in [-0.15, -0.1) is 0 Å². The molecule has 0 fully saturated rings. The molecule has 0 radical (unpaired) electrons. The van der Waals surface area contributed by atoms with Gasteiger partial charge in [0.1, 0.15) is 0 Å². The van der Waals surface area contributed by atoms with Gasteiger partial charge in [-0.2, -0.15) is 13.2 Å². The Labute approximate surface area is 110 Å². The molecule has 0 aromatic heterocycles. The van der Waals surface area contributed by atoms with Crippen LogP contribution in [0.2, 0.25) is 0 Å². The molecule has 0 amide bonds. The Hall–Kier alpha value is -2.03. The highest BCUT2D eigenvalue weighted by Crippen LogP contribution is 2.31. The van der Waals surface area contributed by atoms with Crippen LogP contribution in [0.1, 0.15) is 22.3 Å². The van der Waals surface area contributed by atoms with Gasteiger partial charge in [0.05, 0.1) is 5.56 Å². The number of halogens is 3. The van der Waals surface area contributed by atoms with Crippen molar-refractivity contribution in [3.63, 3.8) is 0 Å². The van der Waals surface area contributed by atoms with Crippen LogP contribution in [0.25, 0.3) is 6.08 Å². The zero-order valence-corrected chi connectivity index (χ0v) is 10.2. The van der Waals surface area contributed by atoms with Gasteiger partial charge in [-0.1, -0.05) is 49.1 Å². The van der Waals surface area contributed by atoms with E-state index in [1.165, 1.54) is 12.1 Å². The normalized spacial score (nSPS) is 11.3. The van der Waals surface area contributed by atoms with E-state index in [0.29, 0.717) is 12.0 Å². The van der Waals surface area contributed by atoms with Crippen LogP contribution >= 0.6 is 0 Å². The van der Waals surface area contributed by atoms with Crippen molar-refractivity contribution >= 4 is 6.08 Å². The monoisotopic (exact) mass is 262 g/mol. The van der Waals surface area contributed by atoms with Crippen LogP contribution in [-0.2, 0) is 12.6 Å². The highest BCUT2D eigenvalue weighted by Gasteiger charge is 2.30. The first-order valence-electron chi connectivity index (χ1n) is 5.87. The third kappa shape index (κ3) is 3.25. The van der Waals surface area contributed by atoms with Gasteiger partial charge < -0.3 is 0 Å². The number of hydrogen-bond donors (Lipinski definition) is 0. The summed E-state index contributed by atoms with van der Waals surface area (Å²) in [6, 6.07) is 13.2. The highest BCUT2D eigenvalue weighted by molar-refractivity contribution is 5.54. The minimum atomic E-state index is -4.31. The van der Waals surface area contributed by atoms with Crippen molar-refractivity contribution < 1.29 is 13.2 Å². The van der Waals surface area contributed by atoms with E-state index < -0.39 is 11.7 Å². The molecular formula is C16H13F3. The molecule has 2 aromatic carbocycles. The Morgan fingerprint density at radius 1 is 1.00 bits per heavy atom. The van der Waals surface area contributed by atoms with Crippen LogP contribution in [0.3, 0.4) is 0 Å². The van der Waals surface area contributed by atoms with Crippen LogP contribution in [0.5, 0.6) is 0 Å². The number of rotatable bonds is 3. The smallest absolute Gasteiger partial charge is 0.166 e. The summed E-state index contributed by atoms with van der Waals surface area (Å²) >= 11 is 0. The average Bonchev–Trinajstić information content (AvgIpc) is 2.39. The molecule has 2 aromatic rings. The lowest BCUT2D eigenvalue weighted by Crippen LogP contribution is -2.06. The molecule has 2 rings (SSSR count). The average molecular weight is 262 g/mol. The van der Waals surface area contributed by atoms with E-state index in [2.05, 4.69) is 6.58 Å². The van der Waals surface area contributed by atoms with Gasteiger partial charge in [-0.25, -0.2) is 0 Å². The van der Waals surface area contributed by atoms with Gasteiger partial charge in [-0.3, -0.25) is 0 Å². The summed E-state index contributed by atoms with van der Waals surface area (Å²) in [7, 11) is 0. The van der Waals surface area contributed by atoms with E-state index in [1.807, 2.05) is 30.3 Å². The predicted molar refractivity (Wildman–Crippen MR) is 70.8 cm³/mol. The van der Waals surface area contributed by atoms with E-state index >= 15 is 0 Å². The summed E-state index contributed by atoms with van der Waals surface area (Å²) in [5.41, 5.74) is 1.72. The standard InChI is InChI=1S/C16H13F3/c1-2-13-8-9-15(16(17,18)19)11-14(13)10-12-6-4-3-5-7-12/h2-9,11H,1,10H2. The maximum atomic E-state index is 12.7. The SMILES string of the molecule is C=Cc1ccc(C(F)(F)F)cc1Cc1ccccc1. The molecule has 0 aliphatic carbocycles. The molecule has 0 bridgehead atoms. The highest BCUT2D eigenvalue weighted by atomic mass is 19.4. The van der Waals surface area contributed by atoms with Gasteiger partial charge >= 0.3 is 6.18 Å². The first-order valence-corrected chi connectivity index (χ1v) is 5.87. The molecule has 0 unspecified atom stereocenters. The lowest BCUT2D eigenvalue weighted by atomic mass is 9.97. The van der Waals surface area contributed by atoms with E-state index in [4.69, 9.17) is 0 Å². The van der Waals surface area contributed by atoms with Gasteiger partial charge in [-0.05, 0) is 35.2 Å². The molecule has 0 aliphatic heterocycles. The van der Waals surface area contributed by atoms with E-state index in [-0.39, 0.29) is 0 Å². The molecule has 19 heavy (non-hydrogen) atoms. The second-order valence-corrected chi connectivity index (χ2v) is 4.28. The fraction of sp³-hybridized carbons (Fsp3) is 0.125. The van der Waals surface area contributed by atoms with Gasteiger partial charge in [0.15, 0.2) is 0 Å². The lowest BCUT2D eigenvalue weighted by Gasteiger charge is -2.12. The fourth-order valence-corrected chi connectivity index (χ4v) is 1.95. The van der Waals surface area contributed by atoms with Crippen LogP contribution in [0, 0.1) is 0 Å². The third-order valence-corrected chi connectivity index (χ3v) is 2.93. The Balaban J connectivity index is 2.40. The van der Waals surface area contributed by atoms with Crippen molar-refractivity contribution in [3.05, 3.63) is 77.4 Å². The minimum Gasteiger partial charge on any atom is -0.166 e. The summed E-state index contributed by atoms with van der Waals surface area (Å²) in [5.74, 6) is 0. The molecule has 0 spiro atoms. The molecule has 0 atom stereocenters. The first kappa shape index (κ1) is 13.4. The Bertz CT molecular complexity index is 568. The van der Waals surface area contributed by atoms with Gasteiger partial charge in [0.2, 0.25) is 0 Å². The molecule has 0 nitrogen and oxygen atoms in total. The summed E-state index contributed by atoms with van der Waals surface area (Å²) in [6.45, 7) is 3.64. The van der Waals surface area contributed by atoms with E-state index in [0.717, 1.165) is 17.2 Å². The van der Waals surface area contributed by atoms with Crippen molar-refractivity contribution in [2.75, 3.05) is 0 Å². The van der Waals surface area contributed by atoms with Crippen molar-refractivity contribution in [1.29, 1.82) is 0 Å². The maximum Gasteiger partial charge on any atom is 0.416 e. The quantitative estimate of drug-likeness (QED) is 0.735. The van der Waals surface area contributed by atoms with E-state index in [9.17, 15) is 13.2 Å². The second-order valence-electron chi connectivity index (χ2n) is 4.28. The zero-order chi connectivity index (χ0) is 13.9. The molecular weight excluding hydrogens is 249 g/mol. The molecule has 3 heteroatoms. The first-order chi connectivity index (χ1) is 9.00. The summed E-state index contributed by atoms with van der Waals surface area (Å²) in [6.07, 6.45) is -2.27. The van der Waals surface area contributed by atoms with Gasteiger partial charge in [0, 0.05) is 0 Å². The van der Waals surface area contributed by atoms with Crippen molar-refractivity contribution in [2.24, 2.45) is 0 Å².